The Hall–Kier alpha value is -1.30. The lowest BCUT2D eigenvalue weighted by Gasteiger charge is -2.39. The molecule has 2 rings (SSSR count). The number of amides is 2. The fourth-order valence-corrected chi connectivity index (χ4v) is 2.55. The van der Waals surface area contributed by atoms with Gasteiger partial charge in [0.1, 0.15) is 0 Å². The summed E-state index contributed by atoms with van der Waals surface area (Å²) in [6, 6.07) is -0.206. The van der Waals surface area contributed by atoms with Crippen LogP contribution in [0.3, 0.4) is 0 Å². The van der Waals surface area contributed by atoms with Crippen LogP contribution in [0, 0.1) is 5.92 Å². The van der Waals surface area contributed by atoms with Gasteiger partial charge in [0, 0.05) is 19.6 Å². The van der Waals surface area contributed by atoms with Crippen molar-refractivity contribution in [2.45, 2.75) is 38.3 Å². The van der Waals surface area contributed by atoms with Crippen LogP contribution in [0.2, 0.25) is 0 Å². The number of ether oxygens (including phenoxy) is 1. The monoisotopic (exact) mass is 270 g/mol. The van der Waals surface area contributed by atoms with Gasteiger partial charge in [-0.15, -0.1) is 0 Å². The molecule has 0 bridgehead atoms. The summed E-state index contributed by atoms with van der Waals surface area (Å²) in [5.41, 5.74) is 0. The molecule has 1 aliphatic heterocycles. The van der Waals surface area contributed by atoms with Gasteiger partial charge in [0.15, 0.2) is 0 Å². The van der Waals surface area contributed by atoms with Crippen LogP contribution in [0.25, 0.3) is 0 Å². The minimum Gasteiger partial charge on any atom is -0.481 e. The number of urea groups is 1. The molecular weight excluding hydrogens is 248 g/mol. The van der Waals surface area contributed by atoms with E-state index in [2.05, 4.69) is 6.92 Å². The van der Waals surface area contributed by atoms with Crippen molar-refractivity contribution in [2.75, 3.05) is 26.8 Å². The predicted octanol–water partition coefficient (Wildman–Crippen LogP) is 1.01. The van der Waals surface area contributed by atoms with Gasteiger partial charge in [0.2, 0.25) is 0 Å². The van der Waals surface area contributed by atoms with Gasteiger partial charge in [-0.1, -0.05) is 0 Å². The van der Waals surface area contributed by atoms with Crippen molar-refractivity contribution < 1.29 is 19.4 Å². The van der Waals surface area contributed by atoms with Crippen molar-refractivity contribution >= 4 is 12.0 Å². The van der Waals surface area contributed by atoms with E-state index in [1.54, 1.807) is 16.8 Å². The number of carboxylic acid groups (broad SMARTS) is 1. The number of aliphatic carboxylic acids is 1. The fourth-order valence-electron chi connectivity index (χ4n) is 2.55. The van der Waals surface area contributed by atoms with E-state index in [1.807, 2.05) is 0 Å². The third-order valence-electron chi connectivity index (χ3n) is 4.10. The Balaban J connectivity index is 1.99. The quantitative estimate of drug-likeness (QED) is 0.827. The third-order valence-corrected chi connectivity index (χ3v) is 4.10. The molecule has 108 valence electrons. The molecule has 1 saturated carbocycles. The van der Waals surface area contributed by atoms with Crippen LogP contribution in [0.5, 0.6) is 0 Å². The maximum Gasteiger partial charge on any atom is 0.320 e. The minimum absolute atomic E-state index is 0.0581. The Bertz CT molecular complexity index is 357. The first-order valence-electron chi connectivity index (χ1n) is 6.83. The van der Waals surface area contributed by atoms with Gasteiger partial charge in [-0.3, -0.25) is 4.79 Å². The van der Waals surface area contributed by atoms with Gasteiger partial charge < -0.3 is 19.6 Å². The molecule has 2 unspecified atom stereocenters. The largest absolute Gasteiger partial charge is 0.481 e. The van der Waals surface area contributed by atoms with Crippen molar-refractivity contribution in [1.29, 1.82) is 0 Å². The topological polar surface area (TPSA) is 70.1 Å². The summed E-state index contributed by atoms with van der Waals surface area (Å²) >= 11 is 0. The number of carbonyl (C=O) groups is 2. The molecule has 2 amide bonds. The molecule has 1 heterocycles. The molecule has 1 N–H and O–H groups in total. The van der Waals surface area contributed by atoms with Crippen molar-refractivity contribution in [3.05, 3.63) is 0 Å². The van der Waals surface area contributed by atoms with Gasteiger partial charge in [-0.2, -0.15) is 0 Å². The molecule has 0 aromatic heterocycles. The maximum absolute atomic E-state index is 12.5. The van der Waals surface area contributed by atoms with E-state index < -0.39 is 5.97 Å². The molecule has 2 atom stereocenters. The molecule has 0 radical (unpaired) electrons. The smallest absolute Gasteiger partial charge is 0.320 e. The highest BCUT2D eigenvalue weighted by molar-refractivity contribution is 5.76. The van der Waals surface area contributed by atoms with E-state index in [-0.39, 0.29) is 24.5 Å². The zero-order chi connectivity index (χ0) is 14.0. The van der Waals surface area contributed by atoms with Crippen LogP contribution in [-0.2, 0) is 9.53 Å². The van der Waals surface area contributed by atoms with E-state index in [1.165, 1.54) is 12.8 Å². The summed E-state index contributed by atoms with van der Waals surface area (Å²) in [4.78, 5) is 26.7. The summed E-state index contributed by atoms with van der Waals surface area (Å²) in [6.45, 7) is 3.32. The molecule has 1 saturated heterocycles. The highest BCUT2D eigenvalue weighted by Gasteiger charge is 2.36. The number of carbonyl (C=O) groups excluding carboxylic acids is 1. The van der Waals surface area contributed by atoms with Crippen molar-refractivity contribution in [3.8, 4) is 0 Å². The summed E-state index contributed by atoms with van der Waals surface area (Å²) in [7, 11) is 1.80. The summed E-state index contributed by atoms with van der Waals surface area (Å²) in [5.74, 6) is -0.292. The van der Waals surface area contributed by atoms with Gasteiger partial charge in [0.05, 0.1) is 25.7 Å². The first-order chi connectivity index (χ1) is 9.00. The first kappa shape index (κ1) is 14.1. The number of morpholine rings is 1. The van der Waals surface area contributed by atoms with Gasteiger partial charge in [-0.05, 0) is 25.7 Å². The Morgan fingerprint density at radius 1 is 1.47 bits per heavy atom. The maximum atomic E-state index is 12.5. The molecule has 6 nitrogen and oxygen atoms in total. The van der Waals surface area contributed by atoms with E-state index in [0.717, 1.165) is 0 Å². The number of carboxylic acids is 1. The van der Waals surface area contributed by atoms with Crippen molar-refractivity contribution in [1.82, 2.24) is 9.80 Å². The Morgan fingerprint density at radius 3 is 2.74 bits per heavy atom. The zero-order valence-corrected chi connectivity index (χ0v) is 11.5. The SMILES string of the molecule is CC(C1CC1)N(C)C(=O)N1CCOCC1CC(=O)O. The van der Waals surface area contributed by atoms with E-state index in [4.69, 9.17) is 9.84 Å². The van der Waals surface area contributed by atoms with Crippen LogP contribution in [-0.4, -0.2) is 65.8 Å². The molecule has 6 heteroatoms. The highest BCUT2D eigenvalue weighted by Crippen LogP contribution is 2.35. The number of hydrogen-bond acceptors (Lipinski definition) is 3. The standard InChI is InChI=1S/C13H22N2O4/c1-9(10-3-4-10)14(2)13(18)15-5-6-19-8-11(15)7-12(16)17/h9-11H,3-8H2,1-2H3,(H,16,17). The second kappa shape index (κ2) is 5.77. The van der Waals surface area contributed by atoms with Crippen LogP contribution in [0.15, 0.2) is 0 Å². The Labute approximate surface area is 113 Å². The third kappa shape index (κ3) is 3.37. The Morgan fingerprint density at radius 2 is 2.16 bits per heavy atom. The van der Waals surface area contributed by atoms with Crippen LogP contribution < -0.4 is 0 Å². The molecule has 2 fully saturated rings. The highest BCUT2D eigenvalue weighted by atomic mass is 16.5. The second-order valence-corrected chi connectivity index (χ2v) is 5.49. The average molecular weight is 270 g/mol. The Kier molecular flexibility index (Phi) is 4.29. The van der Waals surface area contributed by atoms with E-state index >= 15 is 0 Å². The van der Waals surface area contributed by atoms with Gasteiger partial charge in [-0.25, -0.2) is 4.79 Å². The minimum atomic E-state index is -0.897. The zero-order valence-electron chi connectivity index (χ0n) is 11.5. The summed E-state index contributed by atoms with van der Waals surface area (Å²) in [5, 5.41) is 8.90. The first-order valence-corrected chi connectivity index (χ1v) is 6.83. The lowest BCUT2D eigenvalue weighted by atomic mass is 10.1. The number of rotatable bonds is 4. The number of hydrogen-bond donors (Lipinski definition) is 1. The lowest BCUT2D eigenvalue weighted by molar-refractivity contribution is -0.139. The fraction of sp³-hybridized carbons (Fsp3) is 0.846. The average Bonchev–Trinajstić information content (AvgIpc) is 3.20. The molecule has 2 aliphatic rings. The van der Waals surface area contributed by atoms with Gasteiger partial charge in [0.25, 0.3) is 0 Å². The molecular formula is C13H22N2O4. The van der Waals surface area contributed by atoms with Crippen molar-refractivity contribution in [3.63, 3.8) is 0 Å². The van der Waals surface area contributed by atoms with E-state index in [9.17, 15) is 9.59 Å². The van der Waals surface area contributed by atoms with Crippen LogP contribution >= 0.6 is 0 Å². The van der Waals surface area contributed by atoms with E-state index in [0.29, 0.717) is 25.7 Å². The molecule has 0 aromatic carbocycles. The molecule has 0 spiro atoms. The molecule has 0 aromatic rings. The summed E-state index contributed by atoms with van der Waals surface area (Å²) in [6.07, 6.45) is 2.30. The van der Waals surface area contributed by atoms with Gasteiger partial charge >= 0.3 is 12.0 Å². The predicted molar refractivity (Wildman–Crippen MR) is 68.9 cm³/mol. The molecule has 1 aliphatic carbocycles. The number of nitrogens with zero attached hydrogens (tertiary/aromatic N) is 2. The normalized spacial score (nSPS) is 24.9. The van der Waals surface area contributed by atoms with Crippen molar-refractivity contribution in [2.24, 2.45) is 5.92 Å². The van der Waals surface area contributed by atoms with Crippen LogP contribution in [0.1, 0.15) is 26.2 Å². The summed E-state index contributed by atoms with van der Waals surface area (Å²) < 4.78 is 5.29. The second-order valence-electron chi connectivity index (χ2n) is 5.49. The lowest BCUT2D eigenvalue weighted by Crippen LogP contribution is -2.55. The van der Waals surface area contributed by atoms with Crippen LogP contribution in [0.4, 0.5) is 4.79 Å². The molecule has 19 heavy (non-hydrogen) atoms.